The van der Waals surface area contributed by atoms with Gasteiger partial charge in [0.25, 0.3) is 0 Å². The van der Waals surface area contributed by atoms with Crippen LogP contribution in [0.2, 0.25) is 0 Å². The summed E-state index contributed by atoms with van der Waals surface area (Å²) in [6, 6.07) is 1.90. The topological polar surface area (TPSA) is 46.2 Å². The van der Waals surface area contributed by atoms with Gasteiger partial charge in [-0.05, 0) is 28.4 Å². The van der Waals surface area contributed by atoms with Crippen molar-refractivity contribution in [3.63, 3.8) is 0 Å². The van der Waals surface area contributed by atoms with Crippen molar-refractivity contribution >= 4 is 48.9 Å². The maximum Gasteiger partial charge on any atom is 0.211 e. The molecule has 1 heterocycles. The van der Waals surface area contributed by atoms with Gasteiger partial charge in [0, 0.05) is 27.2 Å². The highest BCUT2D eigenvalue weighted by molar-refractivity contribution is 9.10. The Morgan fingerprint density at radius 1 is 1.53 bits per heavy atom. The summed E-state index contributed by atoms with van der Waals surface area (Å²) in [5.74, 6) is 0.453. The molecule has 0 aliphatic carbocycles. The summed E-state index contributed by atoms with van der Waals surface area (Å²) in [6.45, 7) is 0.348. The number of alkyl halides is 1. The zero-order valence-electron chi connectivity index (χ0n) is 7.87. The molecule has 0 saturated carbocycles. The van der Waals surface area contributed by atoms with Gasteiger partial charge in [-0.1, -0.05) is 0 Å². The van der Waals surface area contributed by atoms with Gasteiger partial charge in [0.2, 0.25) is 10.0 Å². The van der Waals surface area contributed by atoms with Crippen LogP contribution in [-0.4, -0.2) is 20.1 Å². The average Bonchev–Trinajstić information content (AvgIpc) is 2.59. The molecule has 86 valence electrons. The lowest BCUT2D eigenvalue weighted by molar-refractivity contribution is 0.580. The second-order valence-electron chi connectivity index (χ2n) is 2.91. The van der Waals surface area contributed by atoms with Crippen LogP contribution < -0.4 is 4.72 Å². The van der Waals surface area contributed by atoms with E-state index in [1.54, 1.807) is 0 Å². The number of hydrogen-bond acceptors (Lipinski definition) is 3. The van der Waals surface area contributed by atoms with E-state index in [1.807, 2.05) is 11.4 Å². The Bertz CT molecular complexity index is 405. The molecule has 0 fully saturated rings. The number of hydrogen-bond donors (Lipinski definition) is 1. The molecule has 0 amide bonds. The van der Waals surface area contributed by atoms with E-state index >= 15 is 0 Å². The molecule has 0 aliphatic heterocycles. The Labute approximate surface area is 107 Å². The van der Waals surface area contributed by atoms with Crippen molar-refractivity contribution in [2.24, 2.45) is 0 Å². The van der Waals surface area contributed by atoms with Crippen LogP contribution in [-0.2, 0) is 16.6 Å². The van der Waals surface area contributed by atoms with Gasteiger partial charge in [-0.25, -0.2) is 13.1 Å². The third-order valence-corrected chi connectivity index (χ3v) is 5.01. The lowest BCUT2D eigenvalue weighted by Gasteiger charge is -2.03. The Kier molecular flexibility index (Phi) is 5.56. The fraction of sp³-hybridized carbons (Fsp3) is 0.500. The molecule has 1 N–H and O–H groups in total. The standard InChI is InChI=1S/C8H11BrClNO2S2/c9-7-4-8(14-6-7)5-11-15(12,13)3-1-2-10/h4,6,11H,1-3,5H2. The summed E-state index contributed by atoms with van der Waals surface area (Å²) in [4.78, 5) is 0.983. The predicted molar refractivity (Wildman–Crippen MR) is 68.0 cm³/mol. The van der Waals surface area contributed by atoms with Crippen LogP contribution in [0.5, 0.6) is 0 Å². The van der Waals surface area contributed by atoms with Gasteiger partial charge in [-0.15, -0.1) is 22.9 Å². The van der Waals surface area contributed by atoms with Crippen LogP contribution in [0.15, 0.2) is 15.9 Å². The van der Waals surface area contributed by atoms with Crippen molar-refractivity contribution in [1.29, 1.82) is 0 Å². The minimum Gasteiger partial charge on any atom is -0.212 e. The first-order chi connectivity index (χ1) is 7.03. The van der Waals surface area contributed by atoms with Crippen LogP contribution in [0.1, 0.15) is 11.3 Å². The molecule has 0 radical (unpaired) electrons. The van der Waals surface area contributed by atoms with Crippen LogP contribution in [0.4, 0.5) is 0 Å². The summed E-state index contributed by atoms with van der Waals surface area (Å²) in [5, 5.41) is 1.92. The molecule has 1 aromatic heterocycles. The van der Waals surface area contributed by atoms with Crippen molar-refractivity contribution in [1.82, 2.24) is 4.72 Å². The molecule has 3 nitrogen and oxygen atoms in total. The third kappa shape index (κ3) is 5.31. The molecule has 1 aromatic rings. The zero-order valence-corrected chi connectivity index (χ0v) is 11.8. The van der Waals surface area contributed by atoms with E-state index < -0.39 is 10.0 Å². The molecule has 0 unspecified atom stereocenters. The Morgan fingerprint density at radius 3 is 2.80 bits per heavy atom. The fourth-order valence-electron chi connectivity index (χ4n) is 0.944. The first-order valence-electron chi connectivity index (χ1n) is 4.30. The van der Waals surface area contributed by atoms with Gasteiger partial charge in [-0.2, -0.15) is 0 Å². The summed E-state index contributed by atoms with van der Waals surface area (Å²) >= 11 is 10.3. The summed E-state index contributed by atoms with van der Waals surface area (Å²) in [6.07, 6.45) is 0.477. The van der Waals surface area contributed by atoms with Crippen LogP contribution in [0.25, 0.3) is 0 Å². The van der Waals surface area contributed by atoms with Gasteiger partial charge in [0.15, 0.2) is 0 Å². The lowest BCUT2D eigenvalue weighted by Crippen LogP contribution is -2.25. The minimum absolute atomic E-state index is 0.0864. The summed E-state index contributed by atoms with van der Waals surface area (Å²) in [7, 11) is -3.18. The van der Waals surface area contributed by atoms with Crippen molar-refractivity contribution in [2.45, 2.75) is 13.0 Å². The molecule has 7 heteroatoms. The highest BCUT2D eigenvalue weighted by Gasteiger charge is 2.09. The highest BCUT2D eigenvalue weighted by Crippen LogP contribution is 2.19. The van der Waals surface area contributed by atoms with E-state index in [-0.39, 0.29) is 5.75 Å². The van der Waals surface area contributed by atoms with Crippen molar-refractivity contribution in [3.05, 3.63) is 20.8 Å². The van der Waals surface area contributed by atoms with Gasteiger partial charge in [0.05, 0.1) is 5.75 Å². The molecule has 0 spiro atoms. The molecule has 15 heavy (non-hydrogen) atoms. The molecule has 0 aromatic carbocycles. The number of sulfonamides is 1. The van der Waals surface area contributed by atoms with Crippen molar-refractivity contribution < 1.29 is 8.42 Å². The quantitative estimate of drug-likeness (QED) is 0.814. The van der Waals surface area contributed by atoms with E-state index in [0.29, 0.717) is 18.8 Å². The highest BCUT2D eigenvalue weighted by atomic mass is 79.9. The zero-order chi connectivity index (χ0) is 11.3. The first kappa shape index (κ1) is 13.4. The van der Waals surface area contributed by atoms with Gasteiger partial charge < -0.3 is 0 Å². The van der Waals surface area contributed by atoms with Crippen molar-refractivity contribution in [2.75, 3.05) is 11.6 Å². The molecule has 0 saturated heterocycles. The van der Waals surface area contributed by atoms with E-state index in [2.05, 4.69) is 20.7 Å². The van der Waals surface area contributed by atoms with E-state index in [4.69, 9.17) is 11.6 Å². The van der Waals surface area contributed by atoms with Gasteiger partial charge in [-0.3, -0.25) is 0 Å². The molecule has 0 bridgehead atoms. The maximum absolute atomic E-state index is 11.4. The molecule has 0 atom stereocenters. The summed E-state index contributed by atoms with van der Waals surface area (Å²) < 4.78 is 26.3. The number of thiophene rings is 1. The molecule has 1 rings (SSSR count). The Hall–Kier alpha value is 0.380. The second-order valence-corrected chi connectivity index (χ2v) is 7.13. The minimum atomic E-state index is -3.18. The van der Waals surface area contributed by atoms with Crippen LogP contribution in [0.3, 0.4) is 0 Å². The maximum atomic E-state index is 11.4. The number of rotatable bonds is 6. The van der Waals surface area contributed by atoms with E-state index in [0.717, 1.165) is 9.35 Å². The van der Waals surface area contributed by atoms with E-state index in [1.165, 1.54) is 11.3 Å². The SMILES string of the molecule is O=S(=O)(CCCCl)NCc1cc(Br)cs1. The molecular weight excluding hydrogens is 322 g/mol. The van der Waals surface area contributed by atoms with Gasteiger partial charge >= 0.3 is 0 Å². The van der Waals surface area contributed by atoms with Crippen molar-refractivity contribution in [3.8, 4) is 0 Å². The average molecular weight is 333 g/mol. The summed E-state index contributed by atoms with van der Waals surface area (Å²) in [5.41, 5.74) is 0. The van der Waals surface area contributed by atoms with Gasteiger partial charge in [0.1, 0.15) is 0 Å². The predicted octanol–water partition coefficient (Wildman–Crippen LogP) is 2.56. The smallest absolute Gasteiger partial charge is 0.211 e. The molecule has 0 aliphatic rings. The monoisotopic (exact) mass is 331 g/mol. The normalized spacial score (nSPS) is 11.9. The first-order valence-corrected chi connectivity index (χ1v) is 8.15. The number of halogens is 2. The fourth-order valence-corrected chi connectivity index (χ4v) is 3.76. The second kappa shape index (κ2) is 6.20. The Morgan fingerprint density at radius 2 is 2.27 bits per heavy atom. The molecular formula is C8H11BrClNO2S2. The van der Waals surface area contributed by atoms with Crippen LogP contribution >= 0.6 is 38.9 Å². The Balaban J connectivity index is 2.42. The third-order valence-electron chi connectivity index (χ3n) is 1.63. The van der Waals surface area contributed by atoms with Crippen LogP contribution in [0, 0.1) is 0 Å². The largest absolute Gasteiger partial charge is 0.212 e. The number of nitrogens with one attached hydrogen (secondary N) is 1. The lowest BCUT2D eigenvalue weighted by atomic mass is 10.5. The van der Waals surface area contributed by atoms with E-state index in [9.17, 15) is 8.42 Å².